The van der Waals surface area contributed by atoms with Crippen LogP contribution in [-0.2, 0) is 27.5 Å². The largest absolute Gasteiger partial charge is 0.416 e. The number of halogens is 4. The van der Waals surface area contributed by atoms with E-state index in [9.17, 15) is 26.6 Å². The van der Waals surface area contributed by atoms with Crippen molar-refractivity contribution < 1.29 is 31.1 Å². The molecule has 2 aromatic rings. The number of hydrogen-bond donors (Lipinski definition) is 3. The summed E-state index contributed by atoms with van der Waals surface area (Å²) in [5, 5.41) is 5.37. The summed E-state index contributed by atoms with van der Waals surface area (Å²) in [6.45, 7) is 3.60. The summed E-state index contributed by atoms with van der Waals surface area (Å²) in [6.07, 6.45) is -3.28. The van der Waals surface area contributed by atoms with Crippen LogP contribution in [0, 0.1) is 11.7 Å². The Balaban J connectivity index is 1.67. The predicted molar refractivity (Wildman–Crippen MR) is 114 cm³/mol. The number of anilines is 1. The lowest BCUT2D eigenvalue weighted by Gasteiger charge is -2.19. The molecule has 1 aliphatic rings. The summed E-state index contributed by atoms with van der Waals surface area (Å²) in [6, 6.07) is 8.71. The van der Waals surface area contributed by atoms with Crippen LogP contribution >= 0.6 is 0 Å². The van der Waals surface area contributed by atoms with Gasteiger partial charge in [-0.05, 0) is 55.2 Å². The van der Waals surface area contributed by atoms with Gasteiger partial charge in [0.05, 0.1) is 17.3 Å². The highest BCUT2D eigenvalue weighted by Crippen LogP contribution is 2.57. The molecule has 3 rings (SSSR count). The van der Waals surface area contributed by atoms with E-state index in [0.29, 0.717) is 24.0 Å². The molecule has 0 aliphatic heterocycles. The second kappa shape index (κ2) is 9.19. The second-order valence-electron chi connectivity index (χ2n) is 7.95. The van der Waals surface area contributed by atoms with Crippen LogP contribution in [0.3, 0.4) is 0 Å². The van der Waals surface area contributed by atoms with Crippen molar-refractivity contribution in [3.05, 3.63) is 65.0 Å². The van der Waals surface area contributed by atoms with Crippen molar-refractivity contribution in [2.45, 2.75) is 44.3 Å². The van der Waals surface area contributed by atoms with Crippen molar-refractivity contribution in [3.63, 3.8) is 0 Å². The number of benzene rings is 2. The highest BCUT2D eigenvalue weighted by molar-refractivity contribution is 7.79. The minimum atomic E-state index is -4.41. The lowest BCUT2D eigenvalue weighted by Crippen LogP contribution is -2.31. The third-order valence-electron chi connectivity index (χ3n) is 6.05. The van der Waals surface area contributed by atoms with Crippen LogP contribution in [0.5, 0.6) is 0 Å². The maximum atomic E-state index is 14.2. The molecule has 0 heterocycles. The van der Waals surface area contributed by atoms with Crippen molar-refractivity contribution in [1.82, 2.24) is 5.32 Å². The molecule has 3 N–H and O–H groups in total. The molecule has 5 nitrogen and oxygen atoms in total. The number of carbonyl (C=O) groups is 1. The summed E-state index contributed by atoms with van der Waals surface area (Å²) in [5.41, 5.74) is 0.0527. The summed E-state index contributed by atoms with van der Waals surface area (Å²) in [4.78, 5) is 12.8. The molecule has 32 heavy (non-hydrogen) atoms. The molecule has 174 valence electrons. The van der Waals surface area contributed by atoms with E-state index in [2.05, 4.69) is 10.6 Å². The van der Waals surface area contributed by atoms with Crippen molar-refractivity contribution in [1.29, 1.82) is 0 Å². The summed E-state index contributed by atoms with van der Waals surface area (Å²) < 4.78 is 72.3. The summed E-state index contributed by atoms with van der Waals surface area (Å²) in [5.74, 6) is -1.55. The Labute approximate surface area is 185 Å². The lowest BCUT2D eigenvalue weighted by molar-refractivity contribution is -0.137. The van der Waals surface area contributed by atoms with E-state index in [1.165, 1.54) is 24.3 Å². The third-order valence-corrected chi connectivity index (χ3v) is 6.44. The maximum absolute atomic E-state index is 14.2. The van der Waals surface area contributed by atoms with E-state index in [0.717, 1.165) is 12.1 Å². The van der Waals surface area contributed by atoms with Crippen molar-refractivity contribution in [3.8, 4) is 0 Å². The zero-order valence-electron chi connectivity index (χ0n) is 17.5. The summed E-state index contributed by atoms with van der Waals surface area (Å²) >= 11 is -2.12. The fourth-order valence-corrected chi connectivity index (χ4v) is 4.31. The molecule has 0 spiro atoms. The third kappa shape index (κ3) is 5.12. The molecule has 4 atom stereocenters. The lowest BCUT2D eigenvalue weighted by atomic mass is 9.89. The fraction of sp³-hybridized carbons (Fsp3) is 0.409. The fourth-order valence-electron chi connectivity index (χ4n) is 4.03. The first-order valence-corrected chi connectivity index (χ1v) is 11.3. The van der Waals surface area contributed by atoms with E-state index in [1.807, 2.05) is 6.92 Å². The minimum absolute atomic E-state index is 0.0733. The summed E-state index contributed by atoms with van der Waals surface area (Å²) in [7, 11) is 0. The Morgan fingerprint density at radius 1 is 1.25 bits per heavy atom. The van der Waals surface area contributed by atoms with Gasteiger partial charge >= 0.3 is 6.18 Å². The Hall–Kier alpha value is -2.46. The van der Waals surface area contributed by atoms with Gasteiger partial charge in [-0.15, -0.1) is 0 Å². The Morgan fingerprint density at radius 2 is 1.91 bits per heavy atom. The van der Waals surface area contributed by atoms with Gasteiger partial charge in [0.15, 0.2) is 11.1 Å². The van der Waals surface area contributed by atoms with Crippen molar-refractivity contribution in [2.24, 2.45) is 5.92 Å². The Bertz CT molecular complexity index is 1010. The molecular formula is C22H24F4N2O3S. The number of nitrogens with one attached hydrogen (secondary N) is 2. The van der Waals surface area contributed by atoms with Gasteiger partial charge in [0.1, 0.15) is 11.7 Å². The minimum Gasteiger partial charge on any atom is -0.369 e. The molecule has 0 bridgehead atoms. The van der Waals surface area contributed by atoms with Gasteiger partial charge in [-0.1, -0.05) is 25.1 Å². The molecular weight excluding hydrogens is 448 g/mol. The van der Waals surface area contributed by atoms with E-state index in [-0.39, 0.29) is 23.4 Å². The topological polar surface area (TPSA) is 78.4 Å². The smallest absolute Gasteiger partial charge is 0.369 e. The highest BCUT2D eigenvalue weighted by Gasteiger charge is 2.57. The van der Waals surface area contributed by atoms with Crippen LogP contribution in [-0.4, -0.2) is 20.5 Å². The molecule has 1 fully saturated rings. The monoisotopic (exact) mass is 472 g/mol. The standard InChI is InChI=1S/C22H24F4N2O3S/c1-3-21(15-5-7-16(8-6-15)22(24,25)26)11-17(21)20(29)28-13(2)14-4-9-19(18(23)10-14)27-12-32(30)31/h4-10,13,17,27H,3,11-12H2,1-2H3,(H,28,29)(H,30,31)/t13-,17?,21?/m1/s1. The van der Waals surface area contributed by atoms with Gasteiger partial charge in [0, 0.05) is 11.3 Å². The van der Waals surface area contributed by atoms with Gasteiger partial charge in [0.2, 0.25) is 5.91 Å². The Morgan fingerprint density at radius 3 is 2.44 bits per heavy atom. The predicted octanol–water partition coefficient (Wildman–Crippen LogP) is 4.98. The van der Waals surface area contributed by atoms with Crippen LogP contribution < -0.4 is 10.6 Å². The van der Waals surface area contributed by atoms with Gasteiger partial charge in [-0.3, -0.25) is 4.79 Å². The van der Waals surface area contributed by atoms with Gasteiger partial charge < -0.3 is 15.2 Å². The zero-order chi connectivity index (χ0) is 23.7. The first kappa shape index (κ1) is 24.2. The van der Waals surface area contributed by atoms with E-state index in [4.69, 9.17) is 4.55 Å². The molecule has 1 amide bonds. The average molecular weight is 473 g/mol. The van der Waals surface area contributed by atoms with E-state index < -0.39 is 40.1 Å². The van der Waals surface area contributed by atoms with Crippen molar-refractivity contribution >= 4 is 22.7 Å². The van der Waals surface area contributed by atoms with Crippen LogP contribution in [0.4, 0.5) is 23.2 Å². The molecule has 10 heteroatoms. The van der Waals surface area contributed by atoms with Gasteiger partial charge in [-0.2, -0.15) is 13.2 Å². The number of alkyl halides is 3. The average Bonchev–Trinajstić information content (AvgIpc) is 3.48. The molecule has 1 saturated carbocycles. The van der Waals surface area contributed by atoms with E-state index in [1.54, 1.807) is 13.0 Å². The van der Waals surface area contributed by atoms with Crippen LogP contribution in [0.1, 0.15) is 49.4 Å². The molecule has 0 saturated heterocycles. The van der Waals surface area contributed by atoms with E-state index >= 15 is 0 Å². The van der Waals surface area contributed by atoms with Crippen molar-refractivity contribution in [2.75, 3.05) is 11.2 Å². The quantitative estimate of drug-likeness (QED) is 0.374. The Kier molecular flexibility index (Phi) is 6.94. The molecule has 1 aliphatic carbocycles. The second-order valence-corrected chi connectivity index (χ2v) is 8.89. The number of hydrogen-bond acceptors (Lipinski definition) is 3. The first-order chi connectivity index (χ1) is 15.0. The van der Waals surface area contributed by atoms with Gasteiger partial charge in [0.25, 0.3) is 0 Å². The van der Waals surface area contributed by atoms with Crippen LogP contribution in [0.2, 0.25) is 0 Å². The molecule has 2 aromatic carbocycles. The maximum Gasteiger partial charge on any atom is 0.416 e. The normalized spacial score (nSPS) is 22.2. The molecule has 3 unspecified atom stereocenters. The van der Waals surface area contributed by atoms with Crippen LogP contribution in [0.25, 0.3) is 0 Å². The SMILES string of the molecule is CCC1(c2ccc(C(F)(F)F)cc2)CC1C(=O)N[C@H](C)c1ccc(NCS(=O)O)c(F)c1. The zero-order valence-corrected chi connectivity index (χ0v) is 18.3. The first-order valence-electron chi connectivity index (χ1n) is 10.1. The number of amides is 1. The van der Waals surface area contributed by atoms with Gasteiger partial charge in [-0.25, -0.2) is 8.60 Å². The number of carbonyl (C=O) groups excluding carboxylic acids is 1. The molecule has 0 radical (unpaired) electrons. The number of rotatable bonds is 8. The molecule has 0 aromatic heterocycles. The van der Waals surface area contributed by atoms with Crippen LogP contribution in [0.15, 0.2) is 42.5 Å². The highest BCUT2D eigenvalue weighted by atomic mass is 32.2.